The van der Waals surface area contributed by atoms with Crippen molar-refractivity contribution in [3.63, 3.8) is 0 Å². The van der Waals surface area contributed by atoms with Crippen molar-refractivity contribution < 1.29 is 8.42 Å². The molecule has 2 rings (SSSR count). The van der Waals surface area contributed by atoms with Gasteiger partial charge in [-0.2, -0.15) is 0 Å². The molecule has 1 aromatic carbocycles. The normalized spacial score (nSPS) is 18.0. The van der Waals surface area contributed by atoms with Crippen LogP contribution in [0.25, 0.3) is 0 Å². The number of hydrogen-bond acceptors (Lipinski definition) is 5. The van der Waals surface area contributed by atoms with Crippen LogP contribution in [0.15, 0.2) is 35.2 Å². The van der Waals surface area contributed by atoms with Crippen molar-refractivity contribution in [1.82, 2.24) is 15.1 Å². The highest BCUT2D eigenvalue weighted by Crippen LogP contribution is 2.11. The number of nitrogens with zero attached hydrogens (tertiary/aromatic N) is 2. The van der Waals surface area contributed by atoms with Crippen LogP contribution in [0, 0.1) is 0 Å². The third-order valence-electron chi connectivity index (χ3n) is 3.92. The van der Waals surface area contributed by atoms with Crippen molar-refractivity contribution in [3.05, 3.63) is 30.3 Å². The molecule has 1 N–H and O–H groups in total. The summed E-state index contributed by atoms with van der Waals surface area (Å²) in [6, 6.07) is 8.72. The minimum Gasteiger partial charge on any atom is -0.318 e. The van der Waals surface area contributed by atoms with E-state index in [-0.39, 0.29) is 5.75 Å². The smallest absolute Gasteiger partial charge is 0.179 e. The molecule has 5 nitrogen and oxygen atoms in total. The van der Waals surface area contributed by atoms with E-state index in [9.17, 15) is 8.42 Å². The van der Waals surface area contributed by atoms with Gasteiger partial charge in [0.1, 0.15) is 0 Å². The summed E-state index contributed by atoms with van der Waals surface area (Å²) in [6.45, 7) is 6.63. The zero-order valence-corrected chi connectivity index (χ0v) is 13.5. The fourth-order valence-corrected chi connectivity index (χ4v) is 3.81. The van der Waals surface area contributed by atoms with Crippen LogP contribution in [0.1, 0.15) is 0 Å². The molecule has 1 aliphatic heterocycles. The van der Waals surface area contributed by atoms with Crippen molar-refractivity contribution in [2.45, 2.75) is 4.90 Å². The lowest BCUT2D eigenvalue weighted by molar-refractivity contribution is 0.139. The van der Waals surface area contributed by atoms with E-state index in [1.165, 1.54) is 0 Å². The Kier molecular flexibility index (Phi) is 6.17. The lowest BCUT2D eigenvalue weighted by Gasteiger charge is -2.34. The first kappa shape index (κ1) is 16.4. The molecule has 0 spiro atoms. The summed E-state index contributed by atoms with van der Waals surface area (Å²) in [5.74, 6) is 0.202. The van der Waals surface area contributed by atoms with Crippen LogP contribution >= 0.6 is 0 Å². The summed E-state index contributed by atoms with van der Waals surface area (Å²) in [5, 5.41) is 3.15. The van der Waals surface area contributed by atoms with E-state index in [0.29, 0.717) is 11.4 Å². The first-order chi connectivity index (χ1) is 10.1. The minimum atomic E-state index is -3.15. The molecule has 1 fully saturated rings. The standard InChI is InChI=1S/C15H25N3O2S/c1-16-7-8-17-9-11-18(12-10-17)13-14-21(19,20)15-5-3-2-4-6-15/h2-6,16H,7-14H2,1H3. The van der Waals surface area contributed by atoms with Crippen molar-refractivity contribution >= 4 is 9.84 Å². The molecule has 0 aliphatic carbocycles. The van der Waals surface area contributed by atoms with Gasteiger partial charge in [0.25, 0.3) is 0 Å². The van der Waals surface area contributed by atoms with Gasteiger partial charge in [0.05, 0.1) is 10.6 Å². The number of benzene rings is 1. The molecule has 118 valence electrons. The largest absolute Gasteiger partial charge is 0.318 e. The third kappa shape index (κ3) is 5.07. The Bertz CT molecular complexity index is 511. The van der Waals surface area contributed by atoms with Crippen molar-refractivity contribution in [3.8, 4) is 0 Å². The molecule has 0 unspecified atom stereocenters. The van der Waals surface area contributed by atoms with Crippen LogP contribution in [0.2, 0.25) is 0 Å². The third-order valence-corrected chi connectivity index (χ3v) is 5.63. The molecule has 6 heteroatoms. The number of sulfone groups is 1. The van der Waals surface area contributed by atoms with Gasteiger partial charge in [0.15, 0.2) is 9.84 Å². The zero-order valence-electron chi connectivity index (χ0n) is 12.7. The van der Waals surface area contributed by atoms with Crippen molar-refractivity contribution in [1.29, 1.82) is 0 Å². The predicted molar refractivity (Wildman–Crippen MR) is 85.3 cm³/mol. The molecule has 1 saturated heterocycles. The minimum absolute atomic E-state index is 0.202. The van der Waals surface area contributed by atoms with Crippen LogP contribution in [0.3, 0.4) is 0 Å². The Morgan fingerprint density at radius 2 is 1.57 bits per heavy atom. The second-order valence-corrected chi connectivity index (χ2v) is 7.53. The molecule has 1 aromatic rings. The van der Waals surface area contributed by atoms with Crippen molar-refractivity contribution in [2.24, 2.45) is 0 Å². The maximum Gasteiger partial charge on any atom is 0.179 e. The van der Waals surface area contributed by atoms with Gasteiger partial charge in [-0.3, -0.25) is 9.80 Å². The Balaban J connectivity index is 1.77. The van der Waals surface area contributed by atoms with Gasteiger partial charge in [0.2, 0.25) is 0 Å². The van der Waals surface area contributed by atoms with Crippen LogP contribution in [0.4, 0.5) is 0 Å². The topological polar surface area (TPSA) is 52.6 Å². The van der Waals surface area contributed by atoms with Crippen LogP contribution in [-0.4, -0.2) is 76.8 Å². The maximum atomic E-state index is 12.2. The molecule has 0 saturated carbocycles. The molecule has 0 amide bonds. The van der Waals surface area contributed by atoms with Gasteiger partial charge >= 0.3 is 0 Å². The molecule has 0 aromatic heterocycles. The first-order valence-corrected chi connectivity index (χ1v) is 9.14. The van der Waals surface area contributed by atoms with Crippen LogP contribution in [-0.2, 0) is 9.84 Å². The van der Waals surface area contributed by atoms with E-state index in [1.54, 1.807) is 24.3 Å². The van der Waals surface area contributed by atoms with Gasteiger partial charge in [-0.05, 0) is 19.2 Å². The Labute approximate surface area is 127 Å². The molecule has 1 heterocycles. The maximum absolute atomic E-state index is 12.2. The number of hydrogen-bond donors (Lipinski definition) is 1. The number of nitrogens with one attached hydrogen (secondary N) is 1. The number of piperazine rings is 1. The average Bonchev–Trinajstić information content (AvgIpc) is 2.53. The highest BCUT2D eigenvalue weighted by molar-refractivity contribution is 7.91. The van der Waals surface area contributed by atoms with Gasteiger partial charge in [0, 0.05) is 45.8 Å². The summed E-state index contributed by atoms with van der Waals surface area (Å²) in [4.78, 5) is 5.09. The molecular formula is C15H25N3O2S. The van der Waals surface area contributed by atoms with Gasteiger partial charge < -0.3 is 5.32 Å². The summed E-state index contributed by atoms with van der Waals surface area (Å²) >= 11 is 0. The molecule has 1 aliphatic rings. The van der Waals surface area contributed by atoms with Crippen molar-refractivity contribution in [2.75, 3.05) is 58.6 Å². The Hall–Kier alpha value is -0.950. The van der Waals surface area contributed by atoms with E-state index in [4.69, 9.17) is 0 Å². The fourth-order valence-electron chi connectivity index (χ4n) is 2.50. The first-order valence-electron chi connectivity index (χ1n) is 7.49. The van der Waals surface area contributed by atoms with Crippen LogP contribution < -0.4 is 5.32 Å². The molecule has 0 atom stereocenters. The summed E-state index contributed by atoms with van der Waals surface area (Å²) in [6.07, 6.45) is 0. The average molecular weight is 311 g/mol. The second-order valence-electron chi connectivity index (χ2n) is 5.42. The van der Waals surface area contributed by atoms with Gasteiger partial charge in [-0.15, -0.1) is 0 Å². The van der Waals surface area contributed by atoms with E-state index in [0.717, 1.165) is 39.3 Å². The van der Waals surface area contributed by atoms with E-state index in [1.807, 2.05) is 13.1 Å². The van der Waals surface area contributed by atoms with E-state index >= 15 is 0 Å². The van der Waals surface area contributed by atoms with Gasteiger partial charge in [-0.1, -0.05) is 18.2 Å². The summed E-state index contributed by atoms with van der Waals surface area (Å²) in [7, 11) is -1.19. The SMILES string of the molecule is CNCCN1CCN(CCS(=O)(=O)c2ccccc2)CC1. The fraction of sp³-hybridized carbons (Fsp3) is 0.600. The quantitative estimate of drug-likeness (QED) is 0.785. The predicted octanol–water partition coefficient (Wildman–Crippen LogP) is 0.297. The van der Waals surface area contributed by atoms with E-state index in [2.05, 4.69) is 15.1 Å². The number of likely N-dealkylation sites (N-methyl/N-ethyl adjacent to an activating group) is 1. The molecular weight excluding hydrogens is 286 g/mol. The van der Waals surface area contributed by atoms with Gasteiger partial charge in [-0.25, -0.2) is 8.42 Å². The highest BCUT2D eigenvalue weighted by atomic mass is 32.2. The lowest BCUT2D eigenvalue weighted by atomic mass is 10.3. The second kappa shape index (κ2) is 7.89. The van der Waals surface area contributed by atoms with E-state index < -0.39 is 9.84 Å². The molecule has 0 bridgehead atoms. The highest BCUT2D eigenvalue weighted by Gasteiger charge is 2.19. The molecule has 0 radical (unpaired) electrons. The monoisotopic (exact) mass is 311 g/mol. The summed E-state index contributed by atoms with van der Waals surface area (Å²) < 4.78 is 24.5. The number of rotatable bonds is 7. The zero-order chi connectivity index (χ0) is 15.1. The lowest BCUT2D eigenvalue weighted by Crippen LogP contribution is -2.48. The Morgan fingerprint density at radius 1 is 1.00 bits per heavy atom. The Morgan fingerprint density at radius 3 is 2.14 bits per heavy atom. The van der Waals surface area contributed by atoms with Crippen LogP contribution in [0.5, 0.6) is 0 Å². The summed E-state index contributed by atoms with van der Waals surface area (Å²) in [5.41, 5.74) is 0. The molecule has 21 heavy (non-hydrogen) atoms.